The second-order valence-corrected chi connectivity index (χ2v) is 7.99. The first-order valence-electron chi connectivity index (χ1n) is 9.08. The number of nitrogens with one attached hydrogen (secondary N) is 2. The van der Waals surface area contributed by atoms with Gasteiger partial charge in [-0.2, -0.15) is 0 Å². The number of carbonyl (C=O) groups is 2. The normalized spacial score (nSPS) is 16.9. The van der Waals surface area contributed by atoms with Crippen LogP contribution < -0.4 is 10.6 Å². The molecule has 2 aromatic rings. The third kappa shape index (κ3) is 5.32. The van der Waals surface area contributed by atoms with E-state index in [9.17, 15) is 14.0 Å². The molecule has 2 atom stereocenters. The number of anilines is 1. The summed E-state index contributed by atoms with van der Waals surface area (Å²) < 4.78 is 12.9. The molecule has 0 spiro atoms. The SMILES string of the molecule is C[C@H](SCC(=O)Nc1ccc(F)cc1)C(=O)N[C@@H]1CCCc2ccccc21. The summed E-state index contributed by atoms with van der Waals surface area (Å²) in [6.07, 6.45) is 3.05. The molecule has 27 heavy (non-hydrogen) atoms. The highest BCUT2D eigenvalue weighted by Crippen LogP contribution is 2.29. The summed E-state index contributed by atoms with van der Waals surface area (Å²) in [4.78, 5) is 24.5. The van der Waals surface area contributed by atoms with E-state index in [-0.39, 0.29) is 34.7 Å². The Morgan fingerprint density at radius 1 is 1.19 bits per heavy atom. The van der Waals surface area contributed by atoms with Gasteiger partial charge < -0.3 is 10.6 Å². The molecule has 0 unspecified atom stereocenters. The molecule has 0 saturated heterocycles. The second-order valence-electron chi connectivity index (χ2n) is 6.66. The van der Waals surface area contributed by atoms with Gasteiger partial charge in [-0.15, -0.1) is 11.8 Å². The van der Waals surface area contributed by atoms with Crippen LogP contribution in [0.2, 0.25) is 0 Å². The molecule has 2 aromatic carbocycles. The maximum atomic E-state index is 12.9. The fourth-order valence-electron chi connectivity index (χ4n) is 3.20. The van der Waals surface area contributed by atoms with Crippen molar-refractivity contribution in [2.24, 2.45) is 0 Å². The van der Waals surface area contributed by atoms with Gasteiger partial charge in [-0.1, -0.05) is 24.3 Å². The number of rotatable bonds is 6. The minimum atomic E-state index is -0.350. The Hall–Kier alpha value is -2.34. The van der Waals surface area contributed by atoms with E-state index >= 15 is 0 Å². The van der Waals surface area contributed by atoms with Crippen LogP contribution in [0.3, 0.4) is 0 Å². The predicted octanol–water partition coefficient (Wildman–Crippen LogP) is 4.08. The standard InChI is InChI=1S/C21H23FN2O2S/c1-14(27-13-20(25)23-17-11-9-16(22)10-12-17)21(26)24-19-8-4-6-15-5-2-3-7-18(15)19/h2-3,5,7,9-12,14,19H,4,6,8,13H2,1H3,(H,23,25)(H,24,26)/t14-,19+/m0/s1. The average molecular weight is 386 g/mol. The highest BCUT2D eigenvalue weighted by atomic mass is 32.2. The fraction of sp³-hybridized carbons (Fsp3) is 0.333. The van der Waals surface area contributed by atoms with Gasteiger partial charge in [0.15, 0.2) is 0 Å². The quantitative estimate of drug-likeness (QED) is 0.787. The fourth-order valence-corrected chi connectivity index (χ4v) is 3.89. The number of fused-ring (bicyclic) bond motifs is 1. The van der Waals surface area contributed by atoms with E-state index in [1.165, 1.54) is 47.2 Å². The van der Waals surface area contributed by atoms with E-state index < -0.39 is 0 Å². The van der Waals surface area contributed by atoms with E-state index in [4.69, 9.17) is 0 Å². The molecular formula is C21H23FN2O2S. The van der Waals surface area contributed by atoms with Crippen molar-refractivity contribution < 1.29 is 14.0 Å². The van der Waals surface area contributed by atoms with Crippen molar-refractivity contribution in [1.29, 1.82) is 0 Å². The van der Waals surface area contributed by atoms with Crippen molar-refractivity contribution in [2.75, 3.05) is 11.1 Å². The van der Waals surface area contributed by atoms with Gasteiger partial charge in [0.25, 0.3) is 0 Å². The summed E-state index contributed by atoms with van der Waals surface area (Å²) in [6.45, 7) is 1.81. The van der Waals surface area contributed by atoms with Gasteiger partial charge in [-0.25, -0.2) is 4.39 Å². The van der Waals surface area contributed by atoms with Gasteiger partial charge in [0.1, 0.15) is 5.82 Å². The van der Waals surface area contributed by atoms with Crippen LogP contribution in [0.15, 0.2) is 48.5 Å². The first-order chi connectivity index (χ1) is 13.0. The Morgan fingerprint density at radius 2 is 1.93 bits per heavy atom. The Morgan fingerprint density at radius 3 is 2.70 bits per heavy atom. The molecule has 4 nitrogen and oxygen atoms in total. The zero-order valence-electron chi connectivity index (χ0n) is 15.2. The summed E-state index contributed by atoms with van der Waals surface area (Å²) >= 11 is 1.29. The number of thioether (sulfide) groups is 1. The molecule has 2 N–H and O–H groups in total. The van der Waals surface area contributed by atoms with Gasteiger partial charge >= 0.3 is 0 Å². The number of benzene rings is 2. The monoisotopic (exact) mass is 386 g/mol. The molecule has 0 bridgehead atoms. The van der Waals surface area contributed by atoms with Crippen molar-refractivity contribution in [3.8, 4) is 0 Å². The van der Waals surface area contributed by atoms with Crippen LogP contribution in [0.1, 0.15) is 36.9 Å². The molecule has 1 aliphatic rings. The second kappa shape index (κ2) is 9.04. The Bertz CT molecular complexity index is 810. The molecule has 1 aliphatic carbocycles. The van der Waals surface area contributed by atoms with Crippen molar-refractivity contribution in [1.82, 2.24) is 5.32 Å². The first-order valence-corrected chi connectivity index (χ1v) is 10.1. The largest absolute Gasteiger partial charge is 0.348 e. The number of aryl methyl sites for hydroxylation is 1. The molecule has 142 valence electrons. The Kier molecular flexibility index (Phi) is 6.50. The average Bonchev–Trinajstić information content (AvgIpc) is 2.68. The van der Waals surface area contributed by atoms with Crippen LogP contribution in [-0.2, 0) is 16.0 Å². The van der Waals surface area contributed by atoms with Crippen LogP contribution in [0.25, 0.3) is 0 Å². The van der Waals surface area contributed by atoms with Crippen LogP contribution in [0.4, 0.5) is 10.1 Å². The molecule has 6 heteroatoms. The third-order valence-electron chi connectivity index (χ3n) is 4.65. The molecule has 0 fully saturated rings. The van der Waals surface area contributed by atoms with Crippen molar-refractivity contribution in [2.45, 2.75) is 37.5 Å². The zero-order valence-corrected chi connectivity index (χ0v) is 16.0. The number of hydrogen-bond acceptors (Lipinski definition) is 3. The predicted molar refractivity (Wildman–Crippen MR) is 107 cm³/mol. The lowest BCUT2D eigenvalue weighted by Gasteiger charge is -2.27. The molecule has 0 saturated carbocycles. The third-order valence-corrected chi connectivity index (χ3v) is 5.79. The number of hydrogen-bond donors (Lipinski definition) is 2. The number of halogens is 1. The van der Waals surface area contributed by atoms with Gasteiger partial charge in [-0.3, -0.25) is 9.59 Å². The van der Waals surface area contributed by atoms with Gasteiger partial charge in [-0.05, 0) is 61.6 Å². The molecule has 0 aliphatic heterocycles. The summed E-state index contributed by atoms with van der Waals surface area (Å²) in [7, 11) is 0. The van der Waals surface area contributed by atoms with E-state index in [1.54, 1.807) is 6.92 Å². The van der Waals surface area contributed by atoms with Crippen molar-refractivity contribution in [3.05, 3.63) is 65.5 Å². The minimum absolute atomic E-state index is 0.0403. The van der Waals surface area contributed by atoms with Crippen LogP contribution in [0.5, 0.6) is 0 Å². The molecule has 2 amide bonds. The maximum absolute atomic E-state index is 12.9. The summed E-state index contributed by atoms with van der Waals surface area (Å²) in [5.74, 6) is -0.463. The number of carbonyl (C=O) groups excluding carboxylic acids is 2. The smallest absolute Gasteiger partial charge is 0.234 e. The van der Waals surface area contributed by atoms with Crippen LogP contribution in [0, 0.1) is 5.82 Å². The van der Waals surface area contributed by atoms with Gasteiger partial charge in [0.2, 0.25) is 11.8 Å². The summed E-state index contributed by atoms with van der Waals surface area (Å²) in [6, 6.07) is 13.9. The van der Waals surface area contributed by atoms with Gasteiger partial charge in [0.05, 0.1) is 17.0 Å². The zero-order chi connectivity index (χ0) is 19.2. The maximum Gasteiger partial charge on any atom is 0.234 e. The highest BCUT2D eigenvalue weighted by Gasteiger charge is 2.24. The highest BCUT2D eigenvalue weighted by molar-refractivity contribution is 8.01. The lowest BCUT2D eigenvalue weighted by atomic mass is 9.88. The molecule has 3 rings (SSSR count). The summed E-state index contributed by atoms with van der Waals surface area (Å²) in [5.41, 5.74) is 3.04. The molecule has 0 radical (unpaired) electrons. The Balaban J connectivity index is 1.48. The van der Waals surface area contributed by atoms with Crippen molar-refractivity contribution >= 4 is 29.3 Å². The van der Waals surface area contributed by atoms with E-state index in [0.717, 1.165) is 19.3 Å². The minimum Gasteiger partial charge on any atom is -0.348 e. The van der Waals surface area contributed by atoms with E-state index in [1.807, 2.05) is 12.1 Å². The molecule has 0 heterocycles. The topological polar surface area (TPSA) is 58.2 Å². The first kappa shape index (κ1) is 19.4. The molecular weight excluding hydrogens is 363 g/mol. The number of amides is 2. The van der Waals surface area contributed by atoms with E-state index in [0.29, 0.717) is 5.69 Å². The van der Waals surface area contributed by atoms with Crippen LogP contribution in [-0.4, -0.2) is 22.8 Å². The Labute approximate surface area is 162 Å². The lowest BCUT2D eigenvalue weighted by molar-refractivity contribution is -0.121. The van der Waals surface area contributed by atoms with Crippen LogP contribution >= 0.6 is 11.8 Å². The lowest BCUT2D eigenvalue weighted by Crippen LogP contribution is -2.36. The van der Waals surface area contributed by atoms with E-state index in [2.05, 4.69) is 22.8 Å². The van der Waals surface area contributed by atoms with Crippen molar-refractivity contribution in [3.63, 3.8) is 0 Å². The molecule has 0 aromatic heterocycles. The van der Waals surface area contributed by atoms with Gasteiger partial charge in [0, 0.05) is 5.69 Å². The summed E-state index contributed by atoms with van der Waals surface area (Å²) in [5, 5.41) is 5.49.